The van der Waals surface area contributed by atoms with E-state index in [4.69, 9.17) is 9.05 Å². The van der Waals surface area contributed by atoms with Crippen LogP contribution in [0.25, 0.3) is 0 Å². The lowest BCUT2D eigenvalue weighted by molar-refractivity contribution is -0.870. The molecule has 0 heterocycles. The molecular formula is C76H130N2O6P+. The Bertz CT molecular complexity index is 1940. The Morgan fingerprint density at radius 1 is 0.412 bits per heavy atom. The van der Waals surface area contributed by atoms with E-state index in [0.29, 0.717) is 23.9 Å². The maximum Gasteiger partial charge on any atom is 0.472 e. The number of amides is 1. The number of rotatable bonds is 61. The number of phosphoric acid groups is 1. The highest BCUT2D eigenvalue weighted by molar-refractivity contribution is 7.47. The smallest absolute Gasteiger partial charge is 0.387 e. The number of likely N-dealkylation sites (N-methyl/N-ethyl adjacent to an activating group) is 1. The fourth-order valence-electron chi connectivity index (χ4n) is 9.18. The van der Waals surface area contributed by atoms with Crippen molar-refractivity contribution >= 4 is 13.7 Å². The van der Waals surface area contributed by atoms with E-state index < -0.39 is 20.0 Å². The van der Waals surface area contributed by atoms with Crippen molar-refractivity contribution in [2.75, 3.05) is 40.9 Å². The lowest BCUT2D eigenvalue weighted by Crippen LogP contribution is -2.45. The lowest BCUT2D eigenvalue weighted by Gasteiger charge is -2.25. The third-order valence-electron chi connectivity index (χ3n) is 14.5. The minimum absolute atomic E-state index is 0.0408. The average molecular weight is 1200 g/mol. The van der Waals surface area contributed by atoms with Crippen LogP contribution in [0.5, 0.6) is 0 Å². The van der Waals surface area contributed by atoms with Gasteiger partial charge in [0.15, 0.2) is 0 Å². The van der Waals surface area contributed by atoms with Crippen LogP contribution in [-0.4, -0.2) is 73.4 Å². The quantitative estimate of drug-likeness (QED) is 0.0243. The molecule has 0 radical (unpaired) electrons. The van der Waals surface area contributed by atoms with E-state index in [9.17, 15) is 19.4 Å². The Hall–Kier alpha value is -3.88. The number of unbranched alkanes of at least 4 members (excludes halogenated alkanes) is 24. The van der Waals surface area contributed by atoms with Crippen LogP contribution in [0.4, 0.5) is 0 Å². The van der Waals surface area contributed by atoms with Crippen LogP contribution >= 0.6 is 7.82 Å². The van der Waals surface area contributed by atoms with Gasteiger partial charge < -0.3 is 19.8 Å². The van der Waals surface area contributed by atoms with E-state index in [2.05, 4.69) is 165 Å². The van der Waals surface area contributed by atoms with Crippen molar-refractivity contribution in [3.05, 3.63) is 158 Å². The van der Waals surface area contributed by atoms with Crippen molar-refractivity contribution in [2.45, 2.75) is 276 Å². The first-order chi connectivity index (χ1) is 41.5. The number of hydrogen-bond donors (Lipinski definition) is 3. The Kier molecular flexibility index (Phi) is 61.6. The molecule has 0 aliphatic rings. The number of aliphatic hydroxyl groups excluding tert-OH is 1. The Balaban J connectivity index is 4.28. The van der Waals surface area contributed by atoms with Crippen molar-refractivity contribution in [2.24, 2.45) is 0 Å². The molecule has 9 heteroatoms. The van der Waals surface area contributed by atoms with Gasteiger partial charge in [0.05, 0.1) is 39.9 Å². The zero-order chi connectivity index (χ0) is 61.9. The third-order valence-corrected chi connectivity index (χ3v) is 15.5. The van der Waals surface area contributed by atoms with Crippen molar-refractivity contribution < 1.29 is 32.9 Å². The topological polar surface area (TPSA) is 105 Å². The normalized spacial score (nSPS) is 14.7. The van der Waals surface area contributed by atoms with Gasteiger partial charge in [-0.2, -0.15) is 0 Å². The summed E-state index contributed by atoms with van der Waals surface area (Å²) in [6.07, 6.45) is 101. The number of allylic oxidation sites excluding steroid dienone is 25. The first-order valence-corrected chi connectivity index (χ1v) is 35.9. The number of quaternary nitrogens is 1. The summed E-state index contributed by atoms with van der Waals surface area (Å²) in [5.41, 5.74) is 0. The minimum atomic E-state index is -4.38. The molecule has 0 saturated heterocycles. The van der Waals surface area contributed by atoms with Crippen LogP contribution in [0, 0.1) is 0 Å². The molecule has 0 spiro atoms. The maximum atomic E-state index is 13.0. The third kappa shape index (κ3) is 67.5. The summed E-state index contributed by atoms with van der Waals surface area (Å²) in [5.74, 6) is -0.223. The summed E-state index contributed by atoms with van der Waals surface area (Å²) < 4.78 is 23.8. The van der Waals surface area contributed by atoms with Gasteiger partial charge in [-0.25, -0.2) is 4.57 Å². The summed E-state index contributed by atoms with van der Waals surface area (Å²) in [7, 11) is 1.51. The number of hydrogen-bond acceptors (Lipinski definition) is 5. The van der Waals surface area contributed by atoms with Crippen molar-refractivity contribution in [1.82, 2.24) is 5.32 Å². The van der Waals surface area contributed by atoms with Crippen LogP contribution in [0.1, 0.15) is 264 Å². The summed E-state index contributed by atoms with van der Waals surface area (Å²) in [6.45, 7) is 4.66. The molecule has 0 rings (SSSR count). The predicted molar refractivity (Wildman–Crippen MR) is 373 cm³/mol. The summed E-state index contributed by atoms with van der Waals surface area (Å²) in [5, 5.41) is 13.9. The minimum Gasteiger partial charge on any atom is -0.387 e. The zero-order valence-corrected chi connectivity index (χ0v) is 56.2. The summed E-state index contributed by atoms with van der Waals surface area (Å²) >= 11 is 0. The molecule has 484 valence electrons. The number of aliphatic hydroxyl groups is 1. The van der Waals surface area contributed by atoms with Gasteiger partial charge in [0, 0.05) is 6.42 Å². The van der Waals surface area contributed by atoms with Crippen LogP contribution in [-0.2, 0) is 18.4 Å². The molecule has 8 nitrogen and oxygen atoms in total. The van der Waals surface area contributed by atoms with Gasteiger partial charge in [0.2, 0.25) is 5.91 Å². The van der Waals surface area contributed by atoms with Crippen molar-refractivity contribution in [3.63, 3.8) is 0 Å². The Morgan fingerprint density at radius 2 is 0.718 bits per heavy atom. The largest absolute Gasteiger partial charge is 0.472 e. The van der Waals surface area contributed by atoms with Crippen LogP contribution < -0.4 is 5.32 Å². The van der Waals surface area contributed by atoms with Gasteiger partial charge in [0.1, 0.15) is 13.2 Å². The molecule has 85 heavy (non-hydrogen) atoms. The highest BCUT2D eigenvalue weighted by Gasteiger charge is 2.27. The highest BCUT2D eigenvalue weighted by Crippen LogP contribution is 2.43. The van der Waals surface area contributed by atoms with Gasteiger partial charge >= 0.3 is 7.82 Å². The van der Waals surface area contributed by atoms with Gasteiger partial charge in [-0.15, -0.1) is 0 Å². The van der Waals surface area contributed by atoms with Crippen LogP contribution in [0.3, 0.4) is 0 Å². The molecule has 1 amide bonds. The number of carbonyl (C=O) groups excluding carboxylic acids is 1. The van der Waals surface area contributed by atoms with Crippen LogP contribution in [0.15, 0.2) is 158 Å². The maximum absolute atomic E-state index is 13.0. The summed E-state index contributed by atoms with van der Waals surface area (Å²) in [4.78, 5) is 23.4. The molecule has 0 saturated carbocycles. The Labute approximate surface area is 524 Å². The van der Waals surface area contributed by atoms with E-state index >= 15 is 0 Å². The molecule has 0 aliphatic heterocycles. The monoisotopic (exact) mass is 1200 g/mol. The van der Waals surface area contributed by atoms with Crippen LogP contribution in [0.2, 0.25) is 0 Å². The van der Waals surface area contributed by atoms with E-state index in [-0.39, 0.29) is 19.1 Å². The van der Waals surface area contributed by atoms with Crippen molar-refractivity contribution in [3.8, 4) is 0 Å². The predicted octanol–water partition coefficient (Wildman–Crippen LogP) is 22.2. The molecule has 0 bridgehead atoms. The van der Waals surface area contributed by atoms with E-state index in [1.807, 2.05) is 27.2 Å². The second kappa shape index (κ2) is 64.6. The number of phosphoric ester groups is 1. The highest BCUT2D eigenvalue weighted by atomic mass is 31.2. The second-order valence-electron chi connectivity index (χ2n) is 23.8. The first kappa shape index (κ1) is 81.1. The molecule has 0 fully saturated rings. The first-order valence-electron chi connectivity index (χ1n) is 34.4. The number of nitrogens with one attached hydrogen (secondary N) is 1. The molecule has 3 atom stereocenters. The lowest BCUT2D eigenvalue weighted by atomic mass is 10.0. The van der Waals surface area contributed by atoms with E-state index in [0.717, 1.165) is 109 Å². The molecular weight excluding hydrogens is 1070 g/mol. The molecule has 3 N–H and O–H groups in total. The number of nitrogens with zero attached hydrogens (tertiary/aromatic N) is 1. The molecule has 0 aromatic carbocycles. The summed E-state index contributed by atoms with van der Waals surface area (Å²) in [6, 6.07) is -0.895. The SMILES string of the molecule is CC/C=C\C/C=C\C/C=C\C/C=C\C/C=C\C/C=C\C/C=C\C/C=C\C/C=C\C/C=C\C/C=C\CCCCCC(=O)NC(COP(=O)(O)OCC[N+](C)(C)C)C(O)/C=C/CC/C=C/CCCCCCCCCCCCCCCCCCCCCC. The molecule has 3 unspecified atom stereocenters. The Morgan fingerprint density at radius 3 is 1.08 bits per heavy atom. The van der Waals surface area contributed by atoms with Crippen molar-refractivity contribution in [1.29, 1.82) is 0 Å². The van der Waals surface area contributed by atoms with Gasteiger partial charge in [-0.1, -0.05) is 300 Å². The molecule has 0 aliphatic carbocycles. The molecule has 0 aromatic heterocycles. The van der Waals surface area contributed by atoms with Gasteiger partial charge in [-0.05, 0) is 116 Å². The van der Waals surface area contributed by atoms with E-state index in [1.165, 1.54) is 128 Å². The average Bonchev–Trinajstić information content (AvgIpc) is 3.49. The number of carbonyl (C=O) groups is 1. The molecule has 0 aromatic rings. The fourth-order valence-corrected chi connectivity index (χ4v) is 9.92. The van der Waals surface area contributed by atoms with Gasteiger partial charge in [-0.3, -0.25) is 13.8 Å². The fraction of sp³-hybridized carbons (Fsp3) is 0.645. The van der Waals surface area contributed by atoms with Gasteiger partial charge in [0.25, 0.3) is 0 Å². The second-order valence-corrected chi connectivity index (χ2v) is 25.3. The standard InChI is InChI=1S/C76H129N2O6P/c1-6-8-10-12-14-16-18-20-22-24-26-28-30-32-34-35-36-37-38-39-40-41-42-43-44-46-48-50-52-54-56-58-60-62-64-66-68-70-76(80)77-74(73-84-85(81,82)83-72-71-78(3,4)5)75(79)69-67-65-63-61-59-57-55-53-51-49-47-45-33-31-29-27-25-23-21-19-17-15-13-11-9-7-2/h8,10,14,16,20,22,26,28,32,34,36-37,39-40,42-43,46,48,52,54,58-61,67,69,74-75,79H,6-7,9,11-13,15,17-19,21,23-25,27,29-31,33,35,38,41,44-45,47,49-51,53,55-57,62-66,68,70-73H2,1-5H3,(H-,77,80,81,82)/p+1/b10-8-,16-14-,22-20-,28-26-,34-32-,37-36-,40-39-,43-42-,48-46-,54-52-,60-58-,61-59+,69-67+. The van der Waals surface area contributed by atoms with E-state index in [1.54, 1.807) is 6.08 Å². The zero-order valence-electron chi connectivity index (χ0n) is 55.3.